The monoisotopic (exact) mass is 245 g/mol. The molecule has 18 heavy (non-hydrogen) atoms. The largest absolute Gasteiger partial charge is 0.494 e. The van der Waals surface area contributed by atoms with E-state index in [0.717, 1.165) is 17.1 Å². The second-order valence-corrected chi connectivity index (χ2v) is 5.30. The van der Waals surface area contributed by atoms with E-state index in [9.17, 15) is 0 Å². The number of benzene rings is 1. The fraction of sp³-hybridized carbons (Fsp3) is 0.357. The molecule has 0 saturated carbocycles. The van der Waals surface area contributed by atoms with Gasteiger partial charge < -0.3 is 10.5 Å². The lowest BCUT2D eigenvalue weighted by molar-refractivity contribution is 0.411. The van der Waals surface area contributed by atoms with Crippen LogP contribution < -0.4 is 10.5 Å². The first-order chi connectivity index (χ1) is 8.43. The van der Waals surface area contributed by atoms with Crippen molar-refractivity contribution in [2.45, 2.75) is 26.2 Å². The van der Waals surface area contributed by atoms with Crippen LogP contribution in [0.1, 0.15) is 26.5 Å². The van der Waals surface area contributed by atoms with Gasteiger partial charge in [-0.15, -0.1) is 0 Å². The van der Waals surface area contributed by atoms with Crippen LogP contribution in [0.25, 0.3) is 5.69 Å². The number of nitrogens with zero attached hydrogens (tertiary/aromatic N) is 2. The van der Waals surface area contributed by atoms with Crippen molar-refractivity contribution in [1.82, 2.24) is 9.78 Å². The third-order valence-electron chi connectivity index (χ3n) is 2.78. The first-order valence-electron chi connectivity index (χ1n) is 5.92. The molecule has 0 saturated heterocycles. The van der Waals surface area contributed by atoms with Crippen LogP contribution in [0.15, 0.2) is 30.5 Å². The van der Waals surface area contributed by atoms with Crippen LogP contribution in [0, 0.1) is 0 Å². The summed E-state index contributed by atoms with van der Waals surface area (Å²) in [6.07, 6.45) is 1.83. The highest BCUT2D eigenvalue weighted by Gasteiger charge is 2.21. The van der Waals surface area contributed by atoms with Gasteiger partial charge in [-0.3, -0.25) is 0 Å². The summed E-state index contributed by atoms with van der Waals surface area (Å²) >= 11 is 0. The van der Waals surface area contributed by atoms with Crippen molar-refractivity contribution in [2.75, 3.05) is 12.8 Å². The number of hydrogen-bond acceptors (Lipinski definition) is 3. The average molecular weight is 245 g/mol. The van der Waals surface area contributed by atoms with E-state index in [4.69, 9.17) is 10.5 Å². The Kier molecular flexibility index (Phi) is 3.03. The predicted octanol–water partition coefficient (Wildman–Crippen LogP) is 2.76. The number of methoxy groups -OCH3 is 1. The minimum Gasteiger partial charge on any atom is -0.494 e. The Morgan fingerprint density at radius 1 is 1.22 bits per heavy atom. The van der Waals surface area contributed by atoms with Crippen molar-refractivity contribution >= 4 is 5.69 Å². The molecule has 0 bridgehead atoms. The highest BCUT2D eigenvalue weighted by atomic mass is 16.5. The zero-order chi connectivity index (χ0) is 13.3. The number of hydrogen-bond donors (Lipinski definition) is 1. The van der Waals surface area contributed by atoms with Gasteiger partial charge in [0, 0.05) is 5.41 Å². The van der Waals surface area contributed by atoms with Gasteiger partial charge in [0.05, 0.1) is 24.7 Å². The smallest absolute Gasteiger partial charge is 0.144 e. The third kappa shape index (κ3) is 2.18. The fourth-order valence-corrected chi connectivity index (χ4v) is 1.91. The van der Waals surface area contributed by atoms with Gasteiger partial charge in [0.25, 0.3) is 0 Å². The Balaban J connectivity index is 2.53. The van der Waals surface area contributed by atoms with E-state index >= 15 is 0 Å². The average Bonchev–Trinajstić information content (AvgIpc) is 2.71. The van der Waals surface area contributed by atoms with E-state index in [0.29, 0.717) is 5.69 Å². The summed E-state index contributed by atoms with van der Waals surface area (Å²) in [5.74, 6) is 0.778. The normalized spacial score (nSPS) is 11.6. The molecule has 2 aromatic rings. The minimum absolute atomic E-state index is 0.0721. The van der Waals surface area contributed by atoms with E-state index in [2.05, 4.69) is 25.9 Å². The number of nitrogen functional groups attached to an aromatic ring is 1. The van der Waals surface area contributed by atoms with Crippen LogP contribution in [0.4, 0.5) is 5.69 Å². The van der Waals surface area contributed by atoms with Crippen LogP contribution in [-0.4, -0.2) is 16.9 Å². The molecule has 0 fully saturated rings. The number of rotatable bonds is 2. The lowest BCUT2D eigenvalue weighted by Crippen LogP contribution is -2.14. The molecule has 0 radical (unpaired) electrons. The molecule has 0 atom stereocenters. The Labute approximate surface area is 107 Å². The highest BCUT2D eigenvalue weighted by molar-refractivity contribution is 5.51. The fourth-order valence-electron chi connectivity index (χ4n) is 1.91. The lowest BCUT2D eigenvalue weighted by Gasteiger charge is -2.15. The number of nitrogens with two attached hydrogens (primary N) is 1. The maximum atomic E-state index is 6.03. The molecular formula is C14H19N3O. The number of aromatic nitrogens is 2. The summed E-state index contributed by atoms with van der Waals surface area (Å²) in [5, 5.41) is 4.57. The van der Waals surface area contributed by atoms with Crippen molar-refractivity contribution in [3.05, 3.63) is 36.2 Å². The van der Waals surface area contributed by atoms with Gasteiger partial charge in [-0.05, 0) is 12.1 Å². The van der Waals surface area contributed by atoms with Crippen LogP contribution in [-0.2, 0) is 5.41 Å². The highest BCUT2D eigenvalue weighted by Crippen LogP contribution is 2.29. The molecule has 4 nitrogen and oxygen atoms in total. The summed E-state index contributed by atoms with van der Waals surface area (Å²) in [4.78, 5) is 0. The Morgan fingerprint density at radius 3 is 2.44 bits per heavy atom. The second kappa shape index (κ2) is 4.37. The molecule has 0 unspecified atom stereocenters. The molecule has 0 aliphatic carbocycles. The first-order valence-corrected chi connectivity index (χ1v) is 5.92. The maximum absolute atomic E-state index is 6.03. The third-order valence-corrected chi connectivity index (χ3v) is 2.78. The second-order valence-electron chi connectivity index (χ2n) is 5.30. The SMILES string of the molecule is COc1ccccc1-n1cc(N)c(C(C)(C)C)n1. The molecule has 4 heteroatoms. The predicted molar refractivity (Wildman–Crippen MR) is 73.2 cm³/mol. The zero-order valence-electron chi connectivity index (χ0n) is 11.3. The molecule has 1 heterocycles. The standard InChI is InChI=1S/C14H19N3O/c1-14(2,3)13-10(15)9-17(16-13)11-7-5-6-8-12(11)18-4/h5-9H,15H2,1-4H3. The molecule has 0 amide bonds. The van der Waals surface area contributed by atoms with Crippen LogP contribution in [0.5, 0.6) is 5.75 Å². The summed E-state index contributed by atoms with van der Waals surface area (Å²) in [5.41, 5.74) is 8.45. The van der Waals surface area contributed by atoms with Crippen molar-refractivity contribution < 1.29 is 4.74 Å². The Bertz CT molecular complexity index is 552. The summed E-state index contributed by atoms with van der Waals surface area (Å²) in [6.45, 7) is 6.29. The lowest BCUT2D eigenvalue weighted by atomic mass is 9.92. The molecule has 0 aliphatic heterocycles. The number of para-hydroxylation sites is 2. The number of anilines is 1. The number of ether oxygens (including phenoxy) is 1. The Hall–Kier alpha value is -1.97. The topological polar surface area (TPSA) is 53.1 Å². The molecule has 2 N–H and O–H groups in total. The summed E-state index contributed by atoms with van der Waals surface area (Å²) in [7, 11) is 1.65. The van der Waals surface area contributed by atoms with Crippen LogP contribution >= 0.6 is 0 Å². The van der Waals surface area contributed by atoms with Gasteiger partial charge in [0.15, 0.2) is 0 Å². The van der Waals surface area contributed by atoms with E-state index in [1.54, 1.807) is 11.8 Å². The van der Waals surface area contributed by atoms with Gasteiger partial charge in [-0.1, -0.05) is 32.9 Å². The van der Waals surface area contributed by atoms with Gasteiger partial charge in [0.1, 0.15) is 11.4 Å². The summed E-state index contributed by atoms with van der Waals surface area (Å²) in [6, 6.07) is 7.74. The van der Waals surface area contributed by atoms with Crippen LogP contribution in [0.3, 0.4) is 0 Å². The Morgan fingerprint density at radius 2 is 1.89 bits per heavy atom. The van der Waals surface area contributed by atoms with E-state index < -0.39 is 0 Å². The van der Waals surface area contributed by atoms with Gasteiger partial charge in [0.2, 0.25) is 0 Å². The van der Waals surface area contributed by atoms with Crippen molar-refractivity contribution in [2.24, 2.45) is 0 Å². The molecular weight excluding hydrogens is 226 g/mol. The minimum atomic E-state index is -0.0721. The molecule has 2 rings (SSSR count). The molecule has 0 aliphatic rings. The molecule has 1 aromatic carbocycles. The first kappa shape index (κ1) is 12.5. The van der Waals surface area contributed by atoms with Gasteiger partial charge >= 0.3 is 0 Å². The zero-order valence-corrected chi connectivity index (χ0v) is 11.3. The quantitative estimate of drug-likeness (QED) is 0.885. The van der Waals surface area contributed by atoms with Gasteiger partial charge in [-0.25, -0.2) is 4.68 Å². The van der Waals surface area contributed by atoms with E-state index in [1.807, 2.05) is 30.5 Å². The molecule has 1 aromatic heterocycles. The van der Waals surface area contributed by atoms with E-state index in [-0.39, 0.29) is 5.41 Å². The van der Waals surface area contributed by atoms with Crippen LogP contribution in [0.2, 0.25) is 0 Å². The summed E-state index contributed by atoms with van der Waals surface area (Å²) < 4.78 is 7.11. The molecule has 96 valence electrons. The van der Waals surface area contributed by atoms with Crippen molar-refractivity contribution in [1.29, 1.82) is 0 Å². The maximum Gasteiger partial charge on any atom is 0.144 e. The van der Waals surface area contributed by atoms with E-state index in [1.165, 1.54) is 0 Å². The van der Waals surface area contributed by atoms with Crippen molar-refractivity contribution in [3.63, 3.8) is 0 Å². The van der Waals surface area contributed by atoms with Gasteiger partial charge in [-0.2, -0.15) is 5.10 Å². The molecule has 0 spiro atoms. The van der Waals surface area contributed by atoms with Crippen molar-refractivity contribution in [3.8, 4) is 11.4 Å².